The van der Waals surface area contributed by atoms with Gasteiger partial charge in [-0.3, -0.25) is 4.57 Å². The van der Waals surface area contributed by atoms with Gasteiger partial charge in [0.2, 0.25) is 0 Å². The first-order valence-corrected chi connectivity index (χ1v) is 12.7. The number of nitrogens with zero attached hydrogens (tertiary/aromatic N) is 6. The van der Waals surface area contributed by atoms with Crippen LogP contribution in [-0.2, 0) is 15.9 Å². The van der Waals surface area contributed by atoms with Crippen LogP contribution in [0.2, 0.25) is 0 Å². The number of fused-ring (bicyclic) bond motifs is 1. The van der Waals surface area contributed by atoms with Crippen molar-refractivity contribution in [3.8, 4) is 0 Å². The molecule has 206 valence electrons. The predicted octanol–water partition coefficient (Wildman–Crippen LogP) is 1.60. The van der Waals surface area contributed by atoms with Crippen LogP contribution in [0.15, 0.2) is 36.9 Å². The molecule has 1 aromatic carbocycles. The summed E-state index contributed by atoms with van der Waals surface area (Å²) in [6.45, 7) is 7.94. The van der Waals surface area contributed by atoms with Gasteiger partial charge in [-0.25, -0.2) is 19.7 Å². The number of hydrogen-bond donors (Lipinski definition) is 4. The van der Waals surface area contributed by atoms with Gasteiger partial charge in [0.05, 0.1) is 12.9 Å². The summed E-state index contributed by atoms with van der Waals surface area (Å²) in [4.78, 5) is 28.5. The standard InChI is InChI=1S/C26H38N8O4/c1-25(2,3)17-7-9-18(10-8-17)31-24(36)33(5)12-6-11-32(4)13-19-21(35)26(37,14-38-19)34-16-30-20-22(27)28-15-29-23(20)34/h7-10,15-16,19,21,35,37H,6,11-14H2,1-5H3,(H,31,36)(H2,27,28,29). The predicted molar refractivity (Wildman–Crippen MR) is 145 cm³/mol. The number of carbonyl (C=O) groups excluding carboxylic acids is 1. The smallest absolute Gasteiger partial charge is 0.321 e. The number of aromatic nitrogens is 4. The first-order valence-electron chi connectivity index (χ1n) is 12.7. The molecule has 2 aromatic heterocycles. The molecule has 12 heteroatoms. The van der Waals surface area contributed by atoms with Crippen molar-refractivity contribution in [2.75, 3.05) is 51.4 Å². The molecule has 3 aromatic rings. The van der Waals surface area contributed by atoms with Crippen LogP contribution in [0.3, 0.4) is 0 Å². The average Bonchev–Trinajstić information content (AvgIpc) is 3.42. The molecule has 3 atom stereocenters. The Morgan fingerprint density at radius 1 is 1.21 bits per heavy atom. The number of carbonyl (C=O) groups is 1. The number of likely N-dealkylation sites (N-methyl/N-ethyl adjacent to an activating group) is 1. The van der Waals surface area contributed by atoms with Gasteiger partial charge in [0.15, 0.2) is 17.2 Å². The van der Waals surface area contributed by atoms with Gasteiger partial charge in [-0.2, -0.15) is 0 Å². The molecule has 4 rings (SSSR count). The quantitative estimate of drug-likeness (QED) is 0.342. The lowest BCUT2D eigenvalue weighted by atomic mass is 9.87. The van der Waals surface area contributed by atoms with Crippen LogP contribution >= 0.6 is 0 Å². The van der Waals surface area contributed by atoms with E-state index in [1.807, 2.05) is 36.2 Å². The highest BCUT2D eigenvalue weighted by Gasteiger charge is 2.50. The van der Waals surface area contributed by atoms with E-state index in [-0.39, 0.29) is 23.9 Å². The Bertz CT molecular complexity index is 1260. The van der Waals surface area contributed by atoms with Crippen molar-refractivity contribution in [1.82, 2.24) is 29.3 Å². The van der Waals surface area contributed by atoms with E-state index < -0.39 is 17.9 Å². The van der Waals surface area contributed by atoms with E-state index in [1.165, 1.54) is 22.8 Å². The van der Waals surface area contributed by atoms with Gasteiger partial charge in [-0.15, -0.1) is 0 Å². The number of anilines is 2. The Morgan fingerprint density at radius 3 is 2.61 bits per heavy atom. The summed E-state index contributed by atoms with van der Waals surface area (Å²) in [6, 6.07) is 7.73. The summed E-state index contributed by atoms with van der Waals surface area (Å²) in [7, 11) is 3.67. The zero-order valence-corrected chi connectivity index (χ0v) is 22.6. The summed E-state index contributed by atoms with van der Waals surface area (Å²) in [6.07, 6.45) is 1.55. The van der Waals surface area contributed by atoms with Crippen molar-refractivity contribution >= 4 is 28.7 Å². The number of aliphatic hydroxyl groups excluding tert-OH is 1. The lowest BCUT2D eigenvalue weighted by Gasteiger charge is -2.29. The Balaban J connectivity index is 1.25. The number of hydrogen-bond acceptors (Lipinski definition) is 9. The molecule has 0 aliphatic carbocycles. The molecule has 1 saturated heterocycles. The zero-order valence-electron chi connectivity index (χ0n) is 22.6. The van der Waals surface area contributed by atoms with Crippen molar-refractivity contribution in [3.63, 3.8) is 0 Å². The Hall–Kier alpha value is -3.32. The minimum absolute atomic E-state index is 0.0565. The Labute approximate surface area is 222 Å². The maximum Gasteiger partial charge on any atom is 0.321 e. The molecule has 38 heavy (non-hydrogen) atoms. The maximum absolute atomic E-state index is 12.6. The number of nitrogens with one attached hydrogen (secondary N) is 1. The van der Waals surface area contributed by atoms with E-state index >= 15 is 0 Å². The second-order valence-electron chi connectivity index (χ2n) is 11.0. The molecule has 0 radical (unpaired) electrons. The van der Waals surface area contributed by atoms with Gasteiger partial charge in [0.25, 0.3) is 0 Å². The number of ether oxygens (including phenoxy) is 1. The van der Waals surface area contributed by atoms with Gasteiger partial charge in [0.1, 0.15) is 24.1 Å². The number of nitrogens with two attached hydrogens (primary N) is 1. The monoisotopic (exact) mass is 526 g/mol. The van der Waals surface area contributed by atoms with Crippen LogP contribution in [0.1, 0.15) is 32.8 Å². The summed E-state index contributed by atoms with van der Waals surface area (Å²) >= 11 is 0. The summed E-state index contributed by atoms with van der Waals surface area (Å²) in [5.41, 5.74) is 6.81. The van der Waals surface area contributed by atoms with Crippen LogP contribution in [0.4, 0.5) is 16.3 Å². The fraction of sp³-hybridized carbons (Fsp3) is 0.538. The molecule has 3 unspecified atom stereocenters. The highest BCUT2D eigenvalue weighted by molar-refractivity contribution is 5.89. The van der Waals surface area contributed by atoms with Crippen molar-refractivity contribution in [1.29, 1.82) is 0 Å². The zero-order chi connectivity index (χ0) is 27.7. The van der Waals surface area contributed by atoms with Gasteiger partial charge in [-0.1, -0.05) is 32.9 Å². The van der Waals surface area contributed by atoms with E-state index in [0.29, 0.717) is 30.8 Å². The van der Waals surface area contributed by atoms with Crippen molar-refractivity contribution in [2.24, 2.45) is 0 Å². The molecule has 0 bridgehead atoms. The Kier molecular flexibility index (Phi) is 7.88. The van der Waals surface area contributed by atoms with Gasteiger partial charge < -0.3 is 35.8 Å². The lowest BCUT2D eigenvalue weighted by Crippen LogP contribution is -2.48. The third kappa shape index (κ3) is 5.73. The SMILES string of the molecule is CN(CCCN(C)C(=O)Nc1ccc(C(C)(C)C)cc1)CC1OCC(O)(n2cnc3c(N)ncnc32)C1O. The molecular formula is C26H38N8O4. The van der Waals surface area contributed by atoms with Gasteiger partial charge in [-0.05, 0) is 43.1 Å². The molecule has 3 heterocycles. The molecule has 2 amide bonds. The van der Waals surface area contributed by atoms with Crippen LogP contribution in [0, 0.1) is 0 Å². The fourth-order valence-electron chi connectivity index (χ4n) is 4.56. The summed E-state index contributed by atoms with van der Waals surface area (Å²) < 4.78 is 7.16. The van der Waals surface area contributed by atoms with Crippen LogP contribution in [-0.4, -0.2) is 98.1 Å². The fourth-order valence-corrected chi connectivity index (χ4v) is 4.56. The molecule has 5 N–H and O–H groups in total. The van der Waals surface area contributed by atoms with E-state index in [4.69, 9.17) is 10.5 Å². The second-order valence-corrected chi connectivity index (χ2v) is 11.0. The van der Waals surface area contributed by atoms with Crippen molar-refractivity contribution in [3.05, 3.63) is 42.5 Å². The number of rotatable bonds is 8. The Morgan fingerprint density at radius 2 is 1.92 bits per heavy atom. The maximum atomic E-state index is 12.6. The topological polar surface area (TPSA) is 155 Å². The second kappa shape index (κ2) is 10.8. The average molecular weight is 527 g/mol. The molecule has 0 spiro atoms. The minimum atomic E-state index is -1.73. The number of aliphatic hydroxyl groups is 2. The molecule has 0 saturated carbocycles. The normalized spacial score (nSPS) is 21.8. The van der Waals surface area contributed by atoms with E-state index in [2.05, 4.69) is 41.0 Å². The number of nitrogen functional groups attached to an aromatic ring is 1. The van der Waals surface area contributed by atoms with Crippen molar-refractivity contribution < 1.29 is 19.7 Å². The van der Waals surface area contributed by atoms with Crippen LogP contribution < -0.4 is 11.1 Å². The summed E-state index contributed by atoms with van der Waals surface area (Å²) in [5, 5.41) is 25.1. The highest BCUT2D eigenvalue weighted by atomic mass is 16.5. The van der Waals surface area contributed by atoms with E-state index in [1.54, 1.807) is 11.9 Å². The molecule has 1 aliphatic heterocycles. The lowest BCUT2D eigenvalue weighted by molar-refractivity contribution is -0.108. The van der Waals surface area contributed by atoms with E-state index in [0.717, 1.165) is 12.1 Å². The van der Waals surface area contributed by atoms with Crippen molar-refractivity contribution in [2.45, 2.75) is 50.5 Å². The van der Waals surface area contributed by atoms with E-state index in [9.17, 15) is 15.0 Å². The summed E-state index contributed by atoms with van der Waals surface area (Å²) in [5.74, 6) is 0.194. The van der Waals surface area contributed by atoms with Gasteiger partial charge in [0, 0.05) is 25.8 Å². The first kappa shape index (κ1) is 27.7. The third-order valence-corrected chi connectivity index (χ3v) is 6.99. The van der Waals surface area contributed by atoms with Gasteiger partial charge >= 0.3 is 6.03 Å². The largest absolute Gasteiger partial charge is 0.385 e. The number of benzene rings is 1. The third-order valence-electron chi connectivity index (χ3n) is 6.99. The van der Waals surface area contributed by atoms with Crippen LogP contribution in [0.5, 0.6) is 0 Å². The molecule has 12 nitrogen and oxygen atoms in total. The molecule has 1 aliphatic rings. The van der Waals surface area contributed by atoms with Crippen LogP contribution in [0.25, 0.3) is 11.2 Å². The first-order chi connectivity index (χ1) is 17.9. The molecule has 1 fully saturated rings. The molecular weight excluding hydrogens is 488 g/mol. The number of imidazole rings is 1. The number of amides is 2. The number of urea groups is 1. The minimum Gasteiger partial charge on any atom is -0.385 e. The highest BCUT2D eigenvalue weighted by Crippen LogP contribution is 2.32.